The lowest BCUT2D eigenvalue weighted by atomic mass is 9.84. The Morgan fingerprint density at radius 2 is 1.79 bits per heavy atom. The third-order valence-corrected chi connectivity index (χ3v) is 7.81. The Bertz CT molecular complexity index is 1330. The van der Waals surface area contributed by atoms with E-state index >= 15 is 0 Å². The van der Waals surface area contributed by atoms with Gasteiger partial charge in [0.05, 0.1) is 23.7 Å². The Hall–Kier alpha value is -3.01. The molecule has 0 aliphatic carbocycles. The molecule has 1 saturated heterocycles. The number of morpholine rings is 1. The zero-order valence-electron chi connectivity index (χ0n) is 18.6. The molecule has 3 aromatic rings. The van der Waals surface area contributed by atoms with E-state index in [0.717, 1.165) is 5.56 Å². The van der Waals surface area contributed by atoms with E-state index in [9.17, 15) is 18.0 Å². The van der Waals surface area contributed by atoms with Crippen LogP contribution >= 0.6 is 0 Å². The number of rotatable bonds is 6. The molecule has 1 amide bonds. The predicted octanol–water partition coefficient (Wildman–Crippen LogP) is 2.26. The summed E-state index contributed by atoms with van der Waals surface area (Å²) in [4.78, 5) is 28.0. The van der Waals surface area contributed by atoms with Gasteiger partial charge in [0.15, 0.2) is 0 Å². The van der Waals surface area contributed by atoms with Crippen LogP contribution in [-0.2, 0) is 20.2 Å². The number of nitrogens with zero attached hydrogens (tertiary/aromatic N) is 1. The smallest absolute Gasteiger partial charge is 0.252 e. The van der Waals surface area contributed by atoms with Crippen molar-refractivity contribution in [2.75, 3.05) is 32.8 Å². The van der Waals surface area contributed by atoms with Crippen molar-refractivity contribution >= 4 is 26.8 Å². The third-order valence-electron chi connectivity index (χ3n) is 5.91. The minimum Gasteiger partial charge on any atom is -0.379 e. The van der Waals surface area contributed by atoms with Crippen LogP contribution in [0.3, 0.4) is 0 Å². The average Bonchev–Trinajstić information content (AvgIpc) is 2.83. The number of benzene rings is 2. The molecule has 0 bridgehead atoms. The Balaban J connectivity index is 1.66. The summed E-state index contributed by atoms with van der Waals surface area (Å²) in [6.07, 6.45) is 0. The van der Waals surface area contributed by atoms with Crippen molar-refractivity contribution in [3.05, 3.63) is 76.1 Å². The number of hydrogen-bond donors (Lipinski definition) is 2. The standard InChI is InChI=1S/C24H27N3O5S/c1-24(2,17-6-4-3-5-7-17)16-25-23(29)20-15-22(28)26-21-9-8-18(14-19(20)21)33(30,31)27-10-12-32-13-11-27/h3-9,14-15H,10-13,16H2,1-2H3,(H,25,29)(H,26,28). The second-order valence-electron chi connectivity index (χ2n) is 8.70. The lowest BCUT2D eigenvalue weighted by Gasteiger charge is -2.26. The van der Waals surface area contributed by atoms with E-state index in [1.165, 1.54) is 28.6 Å². The number of carbonyl (C=O) groups is 1. The van der Waals surface area contributed by atoms with Crippen LogP contribution in [0.25, 0.3) is 10.9 Å². The number of nitrogens with one attached hydrogen (secondary N) is 2. The summed E-state index contributed by atoms with van der Waals surface area (Å²) in [6, 6.07) is 15.4. The summed E-state index contributed by atoms with van der Waals surface area (Å²) < 4.78 is 32.8. The summed E-state index contributed by atoms with van der Waals surface area (Å²) in [5.41, 5.74) is 0.838. The van der Waals surface area contributed by atoms with Crippen molar-refractivity contribution in [1.29, 1.82) is 0 Å². The summed E-state index contributed by atoms with van der Waals surface area (Å²) in [6.45, 7) is 5.60. The van der Waals surface area contributed by atoms with Gasteiger partial charge >= 0.3 is 0 Å². The summed E-state index contributed by atoms with van der Waals surface area (Å²) in [7, 11) is -3.75. The first-order valence-electron chi connectivity index (χ1n) is 10.8. The van der Waals surface area contributed by atoms with Gasteiger partial charge in [-0.25, -0.2) is 8.42 Å². The molecular weight excluding hydrogens is 442 g/mol. The van der Waals surface area contributed by atoms with E-state index in [0.29, 0.717) is 30.7 Å². The van der Waals surface area contributed by atoms with Crippen molar-refractivity contribution < 1.29 is 17.9 Å². The van der Waals surface area contributed by atoms with E-state index < -0.39 is 21.5 Å². The molecule has 0 spiro atoms. The van der Waals surface area contributed by atoms with Gasteiger partial charge in [-0.3, -0.25) is 9.59 Å². The number of sulfonamides is 1. The first-order chi connectivity index (χ1) is 15.7. The first kappa shape index (κ1) is 23.2. The largest absolute Gasteiger partial charge is 0.379 e. The van der Waals surface area contributed by atoms with Gasteiger partial charge in [-0.2, -0.15) is 4.31 Å². The molecule has 1 aromatic heterocycles. The molecule has 0 unspecified atom stereocenters. The highest BCUT2D eigenvalue weighted by Crippen LogP contribution is 2.25. The molecule has 4 rings (SSSR count). The van der Waals surface area contributed by atoms with E-state index in [4.69, 9.17) is 4.74 Å². The van der Waals surface area contributed by atoms with Gasteiger partial charge in [0, 0.05) is 42.0 Å². The van der Waals surface area contributed by atoms with Crippen molar-refractivity contribution in [1.82, 2.24) is 14.6 Å². The second kappa shape index (κ2) is 9.09. The molecule has 2 N–H and O–H groups in total. The molecule has 0 radical (unpaired) electrons. The molecule has 1 fully saturated rings. The highest BCUT2D eigenvalue weighted by atomic mass is 32.2. The van der Waals surface area contributed by atoms with Crippen LogP contribution in [0.4, 0.5) is 0 Å². The Labute approximate surface area is 192 Å². The van der Waals surface area contributed by atoms with E-state index in [2.05, 4.69) is 10.3 Å². The highest BCUT2D eigenvalue weighted by molar-refractivity contribution is 7.89. The van der Waals surface area contributed by atoms with Gasteiger partial charge in [-0.05, 0) is 23.8 Å². The van der Waals surface area contributed by atoms with Crippen LogP contribution in [-0.4, -0.2) is 56.5 Å². The fourth-order valence-corrected chi connectivity index (χ4v) is 5.34. The summed E-state index contributed by atoms with van der Waals surface area (Å²) in [5, 5.41) is 3.28. The summed E-state index contributed by atoms with van der Waals surface area (Å²) in [5.74, 6) is -0.434. The zero-order valence-corrected chi connectivity index (χ0v) is 19.4. The van der Waals surface area contributed by atoms with Gasteiger partial charge in [0.2, 0.25) is 15.6 Å². The number of aromatic nitrogens is 1. The molecule has 2 heterocycles. The molecule has 2 aromatic carbocycles. The zero-order chi connectivity index (χ0) is 23.6. The molecule has 1 aliphatic heterocycles. The van der Waals surface area contributed by atoms with Gasteiger partial charge in [0.25, 0.3) is 5.91 Å². The van der Waals surface area contributed by atoms with Gasteiger partial charge in [-0.15, -0.1) is 0 Å². The Kier molecular flexibility index (Phi) is 6.38. The van der Waals surface area contributed by atoms with Crippen LogP contribution in [0.2, 0.25) is 0 Å². The maximum atomic E-state index is 13.1. The third kappa shape index (κ3) is 4.85. The Morgan fingerprint density at radius 3 is 2.48 bits per heavy atom. The highest BCUT2D eigenvalue weighted by Gasteiger charge is 2.27. The normalized spacial score (nSPS) is 15.5. The van der Waals surface area contributed by atoms with Crippen LogP contribution in [0.1, 0.15) is 29.8 Å². The van der Waals surface area contributed by atoms with Gasteiger partial charge in [-0.1, -0.05) is 44.2 Å². The van der Waals surface area contributed by atoms with E-state index in [1.54, 1.807) is 0 Å². The van der Waals surface area contributed by atoms with E-state index in [-0.39, 0.29) is 29.0 Å². The van der Waals surface area contributed by atoms with Crippen molar-refractivity contribution in [2.45, 2.75) is 24.2 Å². The van der Waals surface area contributed by atoms with Crippen molar-refractivity contribution in [3.63, 3.8) is 0 Å². The van der Waals surface area contributed by atoms with E-state index in [1.807, 2.05) is 44.2 Å². The van der Waals surface area contributed by atoms with Crippen molar-refractivity contribution in [2.24, 2.45) is 0 Å². The molecular formula is C24H27N3O5S. The molecule has 1 aliphatic rings. The Morgan fingerprint density at radius 1 is 1.09 bits per heavy atom. The number of pyridine rings is 1. The number of carbonyl (C=O) groups excluding carboxylic acids is 1. The fraction of sp³-hybridized carbons (Fsp3) is 0.333. The number of aromatic amines is 1. The molecule has 0 atom stereocenters. The number of fused-ring (bicyclic) bond motifs is 1. The SMILES string of the molecule is CC(C)(CNC(=O)c1cc(=O)[nH]c2ccc(S(=O)(=O)N3CCOCC3)cc12)c1ccccc1. The van der Waals surface area contributed by atoms with Crippen LogP contribution in [0.15, 0.2) is 64.3 Å². The monoisotopic (exact) mass is 469 g/mol. The minimum absolute atomic E-state index is 0.0719. The van der Waals surface area contributed by atoms with Gasteiger partial charge in [0.1, 0.15) is 0 Å². The topological polar surface area (TPSA) is 109 Å². The van der Waals surface area contributed by atoms with Crippen LogP contribution < -0.4 is 10.9 Å². The minimum atomic E-state index is -3.75. The molecule has 9 heteroatoms. The molecule has 0 saturated carbocycles. The lowest BCUT2D eigenvalue weighted by molar-refractivity contribution is 0.0730. The number of ether oxygens (including phenoxy) is 1. The first-order valence-corrected chi connectivity index (χ1v) is 12.2. The predicted molar refractivity (Wildman–Crippen MR) is 126 cm³/mol. The maximum Gasteiger partial charge on any atom is 0.252 e. The number of hydrogen-bond acceptors (Lipinski definition) is 5. The second-order valence-corrected chi connectivity index (χ2v) is 10.6. The lowest BCUT2D eigenvalue weighted by Crippen LogP contribution is -2.40. The molecule has 33 heavy (non-hydrogen) atoms. The fourth-order valence-electron chi connectivity index (χ4n) is 3.91. The summed E-state index contributed by atoms with van der Waals surface area (Å²) >= 11 is 0. The van der Waals surface area contributed by atoms with Gasteiger partial charge < -0.3 is 15.0 Å². The van der Waals surface area contributed by atoms with Crippen LogP contribution in [0.5, 0.6) is 0 Å². The maximum absolute atomic E-state index is 13.1. The molecule has 174 valence electrons. The van der Waals surface area contributed by atoms with Crippen LogP contribution in [0, 0.1) is 0 Å². The number of amides is 1. The van der Waals surface area contributed by atoms with Crippen molar-refractivity contribution in [3.8, 4) is 0 Å². The average molecular weight is 470 g/mol. The molecule has 8 nitrogen and oxygen atoms in total. The quantitative estimate of drug-likeness (QED) is 0.576. The number of H-pyrrole nitrogens is 1.